The van der Waals surface area contributed by atoms with Crippen LogP contribution in [0, 0.1) is 6.92 Å². The third-order valence-corrected chi connectivity index (χ3v) is 5.55. The Hall–Kier alpha value is -1.86. The van der Waals surface area contributed by atoms with Crippen LogP contribution in [-0.4, -0.2) is 25.8 Å². The van der Waals surface area contributed by atoms with Gasteiger partial charge in [0, 0.05) is 45.5 Å². The van der Waals surface area contributed by atoms with Gasteiger partial charge < -0.3 is 5.32 Å². The van der Waals surface area contributed by atoms with Gasteiger partial charge in [-0.15, -0.1) is 0 Å². The number of nitrogens with zero attached hydrogens (tertiary/aromatic N) is 2. The summed E-state index contributed by atoms with van der Waals surface area (Å²) in [4.78, 5) is 20.7. The number of rotatable bonds is 6. The van der Waals surface area contributed by atoms with Gasteiger partial charge in [-0.25, -0.2) is 4.98 Å². The molecule has 0 aliphatic carbocycles. The van der Waals surface area contributed by atoms with Crippen LogP contribution in [0.1, 0.15) is 26.0 Å². The van der Waals surface area contributed by atoms with E-state index in [-0.39, 0.29) is 5.91 Å². The highest BCUT2D eigenvalue weighted by Crippen LogP contribution is 2.31. The molecule has 0 radical (unpaired) electrons. The predicted octanol–water partition coefficient (Wildman–Crippen LogP) is 3.51. The zero-order valence-corrected chi connectivity index (χ0v) is 15.0. The minimum Gasteiger partial charge on any atom is -0.312 e. The van der Waals surface area contributed by atoms with Crippen molar-refractivity contribution in [2.75, 3.05) is 11.1 Å². The van der Waals surface area contributed by atoms with E-state index in [2.05, 4.69) is 15.3 Å². The van der Waals surface area contributed by atoms with Crippen LogP contribution in [0.3, 0.4) is 0 Å². The molecule has 1 atom stereocenters. The predicted molar refractivity (Wildman–Crippen MR) is 95.8 cm³/mol. The molecule has 2 aromatic rings. The van der Waals surface area contributed by atoms with Crippen LogP contribution in [0.2, 0.25) is 0 Å². The van der Waals surface area contributed by atoms with E-state index < -0.39 is 10.8 Å². The van der Waals surface area contributed by atoms with Gasteiger partial charge in [-0.1, -0.05) is 18.3 Å². The van der Waals surface area contributed by atoms with Gasteiger partial charge in [0.1, 0.15) is 10.0 Å². The smallest absolute Gasteiger partial charge is 0.252 e. The van der Waals surface area contributed by atoms with Gasteiger partial charge in [-0.3, -0.25) is 14.0 Å². The molecule has 0 aliphatic heterocycles. The summed E-state index contributed by atoms with van der Waals surface area (Å²) in [5, 5.41) is 5.86. The maximum atomic E-state index is 12.2. The number of thiazole rings is 1. The van der Waals surface area contributed by atoms with Gasteiger partial charge in [0.25, 0.3) is 5.91 Å². The highest BCUT2D eigenvalue weighted by atomic mass is 32.2. The molecule has 5 nitrogen and oxygen atoms in total. The van der Waals surface area contributed by atoms with Crippen molar-refractivity contribution in [1.29, 1.82) is 0 Å². The lowest BCUT2D eigenvalue weighted by Crippen LogP contribution is -2.13. The van der Waals surface area contributed by atoms with Gasteiger partial charge in [0.15, 0.2) is 0 Å². The first-order valence-electron chi connectivity index (χ1n) is 7.26. The Morgan fingerprint density at radius 2 is 2.26 bits per heavy atom. The molecule has 1 unspecified atom stereocenters. The summed E-state index contributed by atoms with van der Waals surface area (Å²) >= 11 is 1.40. The fraction of sp³-hybridized carbons (Fsp3) is 0.312. The van der Waals surface area contributed by atoms with E-state index >= 15 is 0 Å². The lowest BCUT2D eigenvalue weighted by Gasteiger charge is -2.03. The molecule has 0 bridgehead atoms. The van der Waals surface area contributed by atoms with Crippen molar-refractivity contribution in [2.45, 2.75) is 27.2 Å². The standard InChI is InChI=1S/C16H19N3O2S2/c1-4-8-23(21)10-11(2)14(20)19-15-12(3)18-16(22-15)13-6-5-7-17-9-13/h5-7,9-10H,4,8H2,1-3H3,(H,19,20). The minimum atomic E-state index is -1.10. The monoisotopic (exact) mass is 349 g/mol. The molecule has 0 aliphatic rings. The Kier molecular flexibility index (Phi) is 6.18. The fourth-order valence-corrected chi connectivity index (χ4v) is 3.81. The van der Waals surface area contributed by atoms with E-state index in [9.17, 15) is 9.00 Å². The molecule has 0 spiro atoms. The number of aromatic nitrogens is 2. The Labute approximate surface area is 142 Å². The molecular formula is C16H19N3O2S2. The number of hydrogen-bond donors (Lipinski definition) is 1. The van der Waals surface area contributed by atoms with Crippen molar-refractivity contribution in [1.82, 2.24) is 9.97 Å². The van der Waals surface area contributed by atoms with Crippen molar-refractivity contribution in [3.63, 3.8) is 0 Å². The number of anilines is 1. The van der Waals surface area contributed by atoms with E-state index in [4.69, 9.17) is 0 Å². The third kappa shape index (κ3) is 4.80. The lowest BCUT2D eigenvalue weighted by atomic mass is 10.3. The molecule has 2 rings (SSSR count). The van der Waals surface area contributed by atoms with E-state index in [1.807, 2.05) is 26.0 Å². The van der Waals surface area contributed by atoms with Crippen LogP contribution >= 0.6 is 11.3 Å². The Morgan fingerprint density at radius 1 is 1.48 bits per heavy atom. The van der Waals surface area contributed by atoms with Crippen molar-refractivity contribution >= 4 is 33.0 Å². The number of carbonyl (C=O) groups excluding carboxylic acids is 1. The third-order valence-electron chi connectivity index (χ3n) is 3.00. The molecule has 2 heterocycles. The zero-order valence-electron chi connectivity index (χ0n) is 13.3. The molecule has 0 saturated carbocycles. The number of aryl methyl sites for hydroxylation is 1. The second-order valence-electron chi connectivity index (χ2n) is 5.02. The first-order valence-corrected chi connectivity index (χ1v) is 9.46. The zero-order chi connectivity index (χ0) is 16.8. The van der Waals surface area contributed by atoms with Crippen molar-refractivity contribution in [3.8, 4) is 10.6 Å². The molecule has 7 heteroatoms. The second kappa shape index (κ2) is 8.12. The summed E-state index contributed by atoms with van der Waals surface area (Å²) in [6.45, 7) is 5.48. The first-order chi connectivity index (χ1) is 11.0. The largest absolute Gasteiger partial charge is 0.312 e. The highest BCUT2D eigenvalue weighted by Gasteiger charge is 2.13. The SMILES string of the molecule is CCCS(=O)C=C(C)C(=O)Nc1sc(-c2cccnc2)nc1C. The average Bonchev–Trinajstić information content (AvgIpc) is 2.89. The van der Waals surface area contributed by atoms with Crippen LogP contribution < -0.4 is 5.32 Å². The lowest BCUT2D eigenvalue weighted by molar-refractivity contribution is -0.112. The summed E-state index contributed by atoms with van der Waals surface area (Å²) in [7, 11) is -1.10. The topological polar surface area (TPSA) is 72.0 Å². The van der Waals surface area contributed by atoms with E-state index in [0.29, 0.717) is 16.3 Å². The number of pyridine rings is 1. The molecule has 122 valence electrons. The number of nitrogens with one attached hydrogen (secondary N) is 1. The minimum absolute atomic E-state index is 0.251. The summed E-state index contributed by atoms with van der Waals surface area (Å²) in [5.74, 6) is 0.314. The van der Waals surface area contributed by atoms with E-state index in [1.54, 1.807) is 19.3 Å². The van der Waals surface area contributed by atoms with Gasteiger partial charge >= 0.3 is 0 Å². The quantitative estimate of drug-likeness (QED) is 0.810. The molecule has 0 aromatic carbocycles. The normalized spacial score (nSPS) is 12.9. The van der Waals surface area contributed by atoms with E-state index in [0.717, 1.165) is 22.7 Å². The van der Waals surface area contributed by atoms with Crippen LogP contribution in [0.5, 0.6) is 0 Å². The molecule has 2 aromatic heterocycles. The van der Waals surface area contributed by atoms with Crippen molar-refractivity contribution in [3.05, 3.63) is 41.2 Å². The molecule has 1 amide bonds. The average molecular weight is 349 g/mol. The van der Waals surface area contributed by atoms with Gasteiger partial charge in [-0.05, 0) is 32.4 Å². The fourth-order valence-electron chi connectivity index (χ4n) is 1.84. The summed E-state index contributed by atoms with van der Waals surface area (Å²) in [5.41, 5.74) is 2.12. The summed E-state index contributed by atoms with van der Waals surface area (Å²) in [6.07, 6.45) is 4.26. The molecular weight excluding hydrogens is 330 g/mol. The Bertz CT molecular complexity index is 739. The number of carbonyl (C=O) groups is 1. The molecule has 0 fully saturated rings. The van der Waals surface area contributed by atoms with Crippen LogP contribution in [0.15, 0.2) is 35.5 Å². The molecule has 23 heavy (non-hydrogen) atoms. The second-order valence-corrected chi connectivity index (χ2v) is 7.42. The highest BCUT2D eigenvalue weighted by molar-refractivity contribution is 7.88. The van der Waals surface area contributed by atoms with E-state index in [1.165, 1.54) is 16.7 Å². The van der Waals surface area contributed by atoms with Gasteiger partial charge in [0.2, 0.25) is 0 Å². The van der Waals surface area contributed by atoms with Crippen LogP contribution in [0.25, 0.3) is 10.6 Å². The summed E-state index contributed by atoms with van der Waals surface area (Å²) in [6, 6.07) is 3.77. The number of amides is 1. The van der Waals surface area contributed by atoms with Crippen molar-refractivity contribution in [2.24, 2.45) is 0 Å². The van der Waals surface area contributed by atoms with Gasteiger partial charge in [-0.2, -0.15) is 0 Å². The van der Waals surface area contributed by atoms with Crippen LogP contribution in [0.4, 0.5) is 5.00 Å². The first kappa shape index (κ1) is 17.5. The number of hydrogen-bond acceptors (Lipinski definition) is 5. The molecule has 1 N–H and O–H groups in total. The maximum Gasteiger partial charge on any atom is 0.252 e. The van der Waals surface area contributed by atoms with Crippen molar-refractivity contribution < 1.29 is 9.00 Å². The maximum absolute atomic E-state index is 12.2. The van der Waals surface area contributed by atoms with Crippen LogP contribution in [-0.2, 0) is 15.6 Å². The Morgan fingerprint density at radius 3 is 2.91 bits per heavy atom. The Balaban J connectivity index is 2.13. The van der Waals surface area contributed by atoms with Gasteiger partial charge in [0.05, 0.1) is 5.69 Å². The summed E-state index contributed by atoms with van der Waals surface area (Å²) < 4.78 is 11.7. The molecule has 0 saturated heterocycles.